The zero-order valence-corrected chi connectivity index (χ0v) is 11.7. The Morgan fingerprint density at radius 2 is 1.77 bits per heavy atom. The second kappa shape index (κ2) is 5.31. The molecule has 0 aromatic heterocycles. The Hall–Kier alpha value is -3.17. The summed E-state index contributed by atoms with van der Waals surface area (Å²) < 4.78 is 0. The Bertz CT molecular complexity index is 810. The van der Waals surface area contributed by atoms with Crippen molar-refractivity contribution in [2.45, 2.75) is 0 Å². The molecule has 3 heteroatoms. The number of aldehydes is 1. The molecule has 104 valence electrons. The van der Waals surface area contributed by atoms with Crippen molar-refractivity contribution in [2.24, 2.45) is 11.3 Å². The third-order valence-electron chi connectivity index (χ3n) is 4.09. The van der Waals surface area contributed by atoms with Crippen molar-refractivity contribution in [3.8, 4) is 12.1 Å². The van der Waals surface area contributed by atoms with Crippen LogP contribution in [0.1, 0.15) is 15.9 Å². The molecular formula is C19H12N2O. The average molecular weight is 284 g/mol. The Balaban J connectivity index is 2.18. The SMILES string of the molecule is N#CC1(C#N)C(c2ccc(C=O)cc2)=CC2=CC=CC=CC21. The Labute approximate surface area is 128 Å². The van der Waals surface area contributed by atoms with Crippen LogP contribution in [0, 0.1) is 34.0 Å². The van der Waals surface area contributed by atoms with Gasteiger partial charge < -0.3 is 0 Å². The molecule has 0 radical (unpaired) electrons. The number of carbonyl (C=O) groups is 1. The van der Waals surface area contributed by atoms with E-state index in [-0.39, 0.29) is 5.92 Å². The van der Waals surface area contributed by atoms with Gasteiger partial charge >= 0.3 is 0 Å². The lowest BCUT2D eigenvalue weighted by Gasteiger charge is -2.23. The van der Waals surface area contributed by atoms with Crippen LogP contribution >= 0.6 is 0 Å². The second-order valence-electron chi connectivity index (χ2n) is 5.24. The number of nitriles is 2. The molecule has 3 rings (SSSR count). The Morgan fingerprint density at radius 3 is 2.41 bits per heavy atom. The number of benzene rings is 1. The number of hydrogen-bond acceptors (Lipinski definition) is 3. The predicted octanol–water partition coefficient (Wildman–Crippen LogP) is 3.60. The van der Waals surface area contributed by atoms with Gasteiger partial charge in [0.1, 0.15) is 6.29 Å². The van der Waals surface area contributed by atoms with E-state index in [2.05, 4.69) is 12.1 Å². The molecule has 2 aliphatic rings. The van der Waals surface area contributed by atoms with Crippen molar-refractivity contribution < 1.29 is 4.79 Å². The fourth-order valence-corrected chi connectivity index (χ4v) is 2.94. The summed E-state index contributed by atoms with van der Waals surface area (Å²) in [7, 11) is 0. The zero-order valence-electron chi connectivity index (χ0n) is 11.7. The van der Waals surface area contributed by atoms with E-state index in [1.54, 1.807) is 24.3 Å². The highest BCUT2D eigenvalue weighted by Gasteiger charge is 2.48. The molecule has 22 heavy (non-hydrogen) atoms. The first-order valence-electron chi connectivity index (χ1n) is 6.90. The molecule has 0 N–H and O–H groups in total. The number of nitrogens with zero attached hydrogens (tertiary/aromatic N) is 2. The van der Waals surface area contributed by atoms with E-state index in [9.17, 15) is 15.3 Å². The molecule has 0 spiro atoms. The van der Waals surface area contributed by atoms with Crippen LogP contribution in [0.3, 0.4) is 0 Å². The third-order valence-corrected chi connectivity index (χ3v) is 4.09. The molecule has 0 amide bonds. The summed E-state index contributed by atoms with van der Waals surface area (Å²) in [6, 6.07) is 11.4. The van der Waals surface area contributed by atoms with Gasteiger partial charge in [-0.15, -0.1) is 0 Å². The molecule has 0 heterocycles. The van der Waals surface area contributed by atoms with Gasteiger partial charge in [-0.2, -0.15) is 10.5 Å². The van der Waals surface area contributed by atoms with E-state index in [1.807, 2.05) is 36.5 Å². The zero-order chi connectivity index (χ0) is 15.6. The van der Waals surface area contributed by atoms with Crippen LogP contribution in [0.5, 0.6) is 0 Å². The Kier molecular flexibility index (Phi) is 3.33. The second-order valence-corrected chi connectivity index (χ2v) is 5.24. The first-order chi connectivity index (χ1) is 10.7. The number of carbonyl (C=O) groups excluding carboxylic acids is 1. The summed E-state index contributed by atoms with van der Waals surface area (Å²) in [5.41, 5.74) is 1.75. The maximum absolute atomic E-state index is 10.8. The van der Waals surface area contributed by atoms with Crippen LogP contribution in [-0.2, 0) is 0 Å². The van der Waals surface area contributed by atoms with Gasteiger partial charge in [-0.3, -0.25) is 4.79 Å². The average Bonchev–Trinajstić information content (AvgIpc) is 2.71. The quantitative estimate of drug-likeness (QED) is 0.779. The van der Waals surface area contributed by atoms with Gasteiger partial charge in [0.2, 0.25) is 0 Å². The van der Waals surface area contributed by atoms with Crippen molar-refractivity contribution in [3.63, 3.8) is 0 Å². The molecule has 3 nitrogen and oxygen atoms in total. The summed E-state index contributed by atoms with van der Waals surface area (Å²) in [5.74, 6) is -0.279. The van der Waals surface area contributed by atoms with Crippen molar-refractivity contribution in [1.82, 2.24) is 0 Å². The maximum Gasteiger partial charge on any atom is 0.179 e. The standard InChI is InChI=1S/C19H12N2O/c20-12-19(13-21)17-5-3-1-2-4-16(17)10-18(19)15-8-6-14(11-22)7-9-15/h1-11,17H. The summed E-state index contributed by atoms with van der Waals surface area (Å²) in [4.78, 5) is 10.8. The van der Waals surface area contributed by atoms with Crippen molar-refractivity contribution >= 4 is 11.9 Å². The molecule has 0 fully saturated rings. The summed E-state index contributed by atoms with van der Waals surface area (Å²) in [6.07, 6.45) is 12.2. The van der Waals surface area contributed by atoms with Crippen molar-refractivity contribution in [3.05, 3.63) is 77.4 Å². The number of rotatable bonds is 2. The van der Waals surface area contributed by atoms with Crippen LogP contribution in [-0.4, -0.2) is 6.29 Å². The highest BCUT2D eigenvalue weighted by Crippen LogP contribution is 2.51. The summed E-state index contributed by atoms with van der Waals surface area (Å²) in [6.45, 7) is 0. The molecule has 0 saturated carbocycles. The minimum absolute atomic E-state index is 0.279. The minimum atomic E-state index is -1.24. The van der Waals surface area contributed by atoms with Crippen LogP contribution in [0.25, 0.3) is 5.57 Å². The van der Waals surface area contributed by atoms with E-state index < -0.39 is 5.41 Å². The molecule has 2 aliphatic carbocycles. The molecule has 0 saturated heterocycles. The minimum Gasteiger partial charge on any atom is -0.298 e. The van der Waals surface area contributed by atoms with E-state index in [0.29, 0.717) is 11.1 Å². The first kappa shape index (κ1) is 13.8. The lowest BCUT2D eigenvalue weighted by Crippen LogP contribution is -2.24. The summed E-state index contributed by atoms with van der Waals surface area (Å²) >= 11 is 0. The number of allylic oxidation sites excluding steroid dienone is 8. The van der Waals surface area contributed by atoms with E-state index in [1.165, 1.54) is 0 Å². The van der Waals surface area contributed by atoms with E-state index >= 15 is 0 Å². The molecule has 1 aromatic carbocycles. The van der Waals surface area contributed by atoms with Gasteiger partial charge in [-0.25, -0.2) is 0 Å². The van der Waals surface area contributed by atoms with Gasteiger partial charge in [0, 0.05) is 11.5 Å². The van der Waals surface area contributed by atoms with Crippen molar-refractivity contribution in [1.29, 1.82) is 10.5 Å². The lowest BCUT2D eigenvalue weighted by molar-refractivity contribution is 0.112. The first-order valence-corrected chi connectivity index (χ1v) is 6.90. The van der Waals surface area contributed by atoms with Gasteiger partial charge in [-0.1, -0.05) is 60.7 Å². The highest BCUT2D eigenvalue weighted by atomic mass is 16.1. The fraction of sp³-hybridized carbons (Fsp3) is 0.105. The van der Waals surface area contributed by atoms with Crippen LogP contribution in [0.4, 0.5) is 0 Å². The molecular weight excluding hydrogens is 272 g/mol. The molecule has 0 bridgehead atoms. The number of fused-ring (bicyclic) bond motifs is 1. The third kappa shape index (κ3) is 1.92. The van der Waals surface area contributed by atoms with Gasteiger partial charge in [0.15, 0.2) is 5.41 Å². The Morgan fingerprint density at radius 1 is 1.05 bits per heavy atom. The van der Waals surface area contributed by atoms with Gasteiger partial charge in [0.05, 0.1) is 12.1 Å². The smallest absolute Gasteiger partial charge is 0.179 e. The largest absolute Gasteiger partial charge is 0.298 e. The molecule has 1 atom stereocenters. The molecule has 1 aromatic rings. The van der Waals surface area contributed by atoms with Gasteiger partial charge in [-0.05, 0) is 16.7 Å². The van der Waals surface area contributed by atoms with E-state index in [4.69, 9.17) is 0 Å². The highest BCUT2D eigenvalue weighted by molar-refractivity contribution is 5.84. The fourth-order valence-electron chi connectivity index (χ4n) is 2.94. The monoisotopic (exact) mass is 284 g/mol. The lowest BCUT2D eigenvalue weighted by atomic mass is 9.73. The molecule has 0 aliphatic heterocycles. The topological polar surface area (TPSA) is 64.7 Å². The van der Waals surface area contributed by atoms with Crippen LogP contribution in [0.2, 0.25) is 0 Å². The van der Waals surface area contributed by atoms with Crippen LogP contribution < -0.4 is 0 Å². The maximum atomic E-state index is 10.8. The normalized spacial score (nSPS) is 20.9. The predicted molar refractivity (Wildman–Crippen MR) is 83.3 cm³/mol. The van der Waals surface area contributed by atoms with Crippen molar-refractivity contribution in [2.75, 3.05) is 0 Å². The number of hydrogen-bond donors (Lipinski definition) is 0. The summed E-state index contributed by atoms with van der Waals surface area (Å²) in [5, 5.41) is 19.5. The van der Waals surface area contributed by atoms with Gasteiger partial charge in [0.25, 0.3) is 0 Å². The van der Waals surface area contributed by atoms with E-state index in [0.717, 1.165) is 17.4 Å². The molecule has 1 unspecified atom stereocenters. The van der Waals surface area contributed by atoms with Crippen LogP contribution in [0.15, 0.2) is 66.3 Å².